The van der Waals surface area contributed by atoms with Gasteiger partial charge in [0, 0.05) is 0 Å². The molecule has 0 saturated heterocycles. The molecule has 5 heteroatoms. The van der Waals surface area contributed by atoms with Crippen LogP contribution < -0.4 is 0 Å². The Bertz CT molecular complexity index is 615. The Morgan fingerprint density at radius 1 is 1.35 bits per heavy atom. The Kier molecular flexibility index (Phi) is 3.67. The van der Waals surface area contributed by atoms with Crippen LogP contribution in [-0.4, -0.2) is 27.6 Å². The Morgan fingerprint density at radius 3 is 2.90 bits per heavy atom. The summed E-state index contributed by atoms with van der Waals surface area (Å²) >= 11 is 0. The molecule has 0 atom stereocenters. The van der Waals surface area contributed by atoms with Crippen LogP contribution in [0, 0.1) is 0 Å². The minimum absolute atomic E-state index is 0.304. The first-order valence-electron chi connectivity index (χ1n) is 7.31. The summed E-state index contributed by atoms with van der Waals surface area (Å²) in [6.07, 6.45) is 6.16. The summed E-state index contributed by atoms with van der Waals surface area (Å²) in [6.45, 7) is 2.18. The highest BCUT2D eigenvalue weighted by Crippen LogP contribution is 2.29. The monoisotopic (exact) mass is 273 g/mol. The van der Waals surface area contributed by atoms with E-state index in [2.05, 4.69) is 10.3 Å². The average molecular weight is 273 g/mol. The molecule has 0 bridgehead atoms. The SMILES string of the molecule is CCOC(=O)c1ccc2c(c1)nnn2C1CCCCC1. The molecule has 1 aromatic heterocycles. The molecule has 0 unspecified atom stereocenters. The predicted molar refractivity (Wildman–Crippen MR) is 75.6 cm³/mol. The molecule has 106 valence electrons. The topological polar surface area (TPSA) is 57.0 Å². The third kappa shape index (κ3) is 2.40. The lowest BCUT2D eigenvalue weighted by Crippen LogP contribution is -2.14. The van der Waals surface area contributed by atoms with Gasteiger partial charge in [-0.05, 0) is 38.0 Å². The van der Waals surface area contributed by atoms with Crippen molar-refractivity contribution >= 4 is 17.0 Å². The Hall–Kier alpha value is -1.91. The van der Waals surface area contributed by atoms with Crippen molar-refractivity contribution in [1.29, 1.82) is 0 Å². The number of rotatable bonds is 3. The Labute approximate surface area is 117 Å². The number of aromatic nitrogens is 3. The second-order valence-corrected chi connectivity index (χ2v) is 5.25. The van der Waals surface area contributed by atoms with Crippen LogP contribution in [0.3, 0.4) is 0 Å². The van der Waals surface area contributed by atoms with Gasteiger partial charge in [0.15, 0.2) is 0 Å². The number of fused-ring (bicyclic) bond motifs is 1. The van der Waals surface area contributed by atoms with Crippen LogP contribution in [0.15, 0.2) is 18.2 Å². The van der Waals surface area contributed by atoms with Gasteiger partial charge in [0.1, 0.15) is 5.52 Å². The first kappa shape index (κ1) is 13.1. The standard InChI is InChI=1S/C15H19N3O2/c1-2-20-15(19)11-8-9-14-13(10-11)16-17-18(14)12-6-4-3-5-7-12/h8-10,12H,2-7H2,1H3. The van der Waals surface area contributed by atoms with Crippen LogP contribution in [0.1, 0.15) is 55.4 Å². The van der Waals surface area contributed by atoms with E-state index in [9.17, 15) is 4.79 Å². The van der Waals surface area contributed by atoms with Gasteiger partial charge in [0.2, 0.25) is 0 Å². The molecule has 1 aromatic carbocycles. The third-order valence-corrected chi connectivity index (χ3v) is 3.90. The first-order chi connectivity index (χ1) is 9.79. The highest BCUT2D eigenvalue weighted by atomic mass is 16.5. The summed E-state index contributed by atoms with van der Waals surface area (Å²) in [5.74, 6) is -0.304. The normalized spacial score (nSPS) is 16.4. The van der Waals surface area contributed by atoms with Gasteiger partial charge in [-0.15, -0.1) is 5.10 Å². The highest BCUT2D eigenvalue weighted by Gasteiger charge is 2.19. The number of ether oxygens (including phenoxy) is 1. The van der Waals surface area contributed by atoms with Crippen LogP contribution in [0.4, 0.5) is 0 Å². The van der Waals surface area contributed by atoms with Gasteiger partial charge in [0.25, 0.3) is 0 Å². The van der Waals surface area contributed by atoms with Crippen molar-refractivity contribution < 1.29 is 9.53 Å². The zero-order valence-corrected chi connectivity index (χ0v) is 11.7. The van der Waals surface area contributed by atoms with Crippen molar-refractivity contribution in [1.82, 2.24) is 15.0 Å². The fourth-order valence-electron chi connectivity index (χ4n) is 2.88. The molecule has 1 aliphatic rings. The first-order valence-corrected chi connectivity index (χ1v) is 7.31. The van der Waals surface area contributed by atoms with Crippen LogP contribution >= 0.6 is 0 Å². The van der Waals surface area contributed by atoms with Gasteiger partial charge >= 0.3 is 5.97 Å². The van der Waals surface area contributed by atoms with Crippen LogP contribution in [0.25, 0.3) is 11.0 Å². The summed E-state index contributed by atoms with van der Waals surface area (Å²) in [4.78, 5) is 11.7. The molecule has 0 aliphatic heterocycles. The van der Waals surface area contributed by atoms with E-state index in [4.69, 9.17) is 4.74 Å². The highest BCUT2D eigenvalue weighted by molar-refractivity contribution is 5.93. The fourth-order valence-corrected chi connectivity index (χ4v) is 2.88. The van der Waals surface area contributed by atoms with E-state index >= 15 is 0 Å². The third-order valence-electron chi connectivity index (χ3n) is 3.90. The predicted octanol–water partition coefficient (Wildman–Crippen LogP) is 3.11. The van der Waals surface area contributed by atoms with E-state index in [-0.39, 0.29) is 5.97 Å². The van der Waals surface area contributed by atoms with E-state index in [0.29, 0.717) is 18.2 Å². The molecule has 1 heterocycles. The minimum Gasteiger partial charge on any atom is -0.462 e. The van der Waals surface area contributed by atoms with Gasteiger partial charge < -0.3 is 4.74 Å². The molecule has 1 fully saturated rings. The van der Waals surface area contributed by atoms with E-state index < -0.39 is 0 Å². The second-order valence-electron chi connectivity index (χ2n) is 5.25. The van der Waals surface area contributed by atoms with Gasteiger partial charge in [-0.25, -0.2) is 9.48 Å². The number of nitrogens with zero attached hydrogens (tertiary/aromatic N) is 3. The molecule has 1 aliphatic carbocycles. The molecule has 2 aromatic rings. The number of hydrogen-bond acceptors (Lipinski definition) is 4. The van der Waals surface area contributed by atoms with Crippen molar-refractivity contribution in [3.8, 4) is 0 Å². The maximum Gasteiger partial charge on any atom is 0.338 e. The zero-order valence-electron chi connectivity index (χ0n) is 11.7. The molecule has 0 radical (unpaired) electrons. The molecule has 0 spiro atoms. The molecule has 5 nitrogen and oxygen atoms in total. The number of benzene rings is 1. The van der Waals surface area contributed by atoms with Crippen LogP contribution in [0.5, 0.6) is 0 Å². The Morgan fingerprint density at radius 2 is 2.15 bits per heavy atom. The smallest absolute Gasteiger partial charge is 0.338 e. The quantitative estimate of drug-likeness (QED) is 0.806. The number of esters is 1. The van der Waals surface area contributed by atoms with Crippen molar-refractivity contribution in [2.45, 2.75) is 45.1 Å². The minimum atomic E-state index is -0.304. The number of carbonyl (C=O) groups excluding carboxylic acids is 1. The van der Waals surface area contributed by atoms with Crippen LogP contribution in [0.2, 0.25) is 0 Å². The fraction of sp³-hybridized carbons (Fsp3) is 0.533. The molecule has 0 N–H and O–H groups in total. The van der Waals surface area contributed by atoms with Crippen molar-refractivity contribution in [2.75, 3.05) is 6.61 Å². The lowest BCUT2D eigenvalue weighted by Gasteiger charge is -2.21. The van der Waals surface area contributed by atoms with Crippen LogP contribution in [-0.2, 0) is 4.74 Å². The van der Waals surface area contributed by atoms with Gasteiger partial charge in [-0.3, -0.25) is 0 Å². The lowest BCUT2D eigenvalue weighted by atomic mass is 9.95. The van der Waals surface area contributed by atoms with Gasteiger partial charge in [-0.1, -0.05) is 24.5 Å². The van der Waals surface area contributed by atoms with Gasteiger partial charge in [-0.2, -0.15) is 0 Å². The largest absolute Gasteiger partial charge is 0.462 e. The molecular weight excluding hydrogens is 254 g/mol. The number of carbonyl (C=O) groups is 1. The van der Waals surface area contributed by atoms with E-state index in [1.54, 1.807) is 19.1 Å². The summed E-state index contributed by atoms with van der Waals surface area (Å²) in [6, 6.07) is 5.93. The van der Waals surface area contributed by atoms with E-state index in [1.165, 1.54) is 19.3 Å². The summed E-state index contributed by atoms with van der Waals surface area (Å²) in [7, 11) is 0. The maximum absolute atomic E-state index is 11.7. The van der Waals surface area contributed by atoms with Crippen molar-refractivity contribution in [3.63, 3.8) is 0 Å². The number of hydrogen-bond donors (Lipinski definition) is 0. The van der Waals surface area contributed by atoms with Crippen molar-refractivity contribution in [3.05, 3.63) is 23.8 Å². The molecular formula is C15H19N3O2. The summed E-state index contributed by atoms with van der Waals surface area (Å²) in [5.41, 5.74) is 2.31. The molecule has 1 saturated carbocycles. The molecule has 0 amide bonds. The lowest BCUT2D eigenvalue weighted by molar-refractivity contribution is 0.0526. The summed E-state index contributed by atoms with van der Waals surface area (Å²) < 4.78 is 7.02. The molecule has 20 heavy (non-hydrogen) atoms. The second kappa shape index (κ2) is 5.61. The van der Waals surface area contributed by atoms with Gasteiger partial charge in [0.05, 0.1) is 23.7 Å². The van der Waals surface area contributed by atoms with Crippen molar-refractivity contribution in [2.24, 2.45) is 0 Å². The average Bonchev–Trinajstić information content (AvgIpc) is 2.91. The zero-order chi connectivity index (χ0) is 13.9. The molecule has 3 rings (SSSR count). The van der Waals surface area contributed by atoms with E-state index in [0.717, 1.165) is 23.9 Å². The van der Waals surface area contributed by atoms with E-state index in [1.807, 2.05) is 10.7 Å². The maximum atomic E-state index is 11.7. The summed E-state index contributed by atoms with van der Waals surface area (Å²) in [5, 5.41) is 8.48. The Balaban J connectivity index is 1.91.